The topological polar surface area (TPSA) is 141 Å². The van der Waals surface area contributed by atoms with Crippen molar-refractivity contribution in [3.63, 3.8) is 0 Å². The fourth-order valence-electron chi connectivity index (χ4n) is 6.92. The van der Waals surface area contributed by atoms with Crippen LogP contribution in [0.3, 0.4) is 0 Å². The van der Waals surface area contributed by atoms with Gasteiger partial charge in [0.05, 0.1) is 6.04 Å². The number of hydrogen-bond donors (Lipinski definition) is 2. The second kappa shape index (κ2) is 15.8. The van der Waals surface area contributed by atoms with Gasteiger partial charge in [0.1, 0.15) is 17.6 Å². The van der Waals surface area contributed by atoms with Crippen molar-refractivity contribution in [2.24, 2.45) is 11.8 Å². The molecule has 0 radical (unpaired) electrons. The van der Waals surface area contributed by atoms with Crippen LogP contribution in [-0.2, 0) is 22.4 Å². The summed E-state index contributed by atoms with van der Waals surface area (Å²) in [7, 11) is 3.72. The van der Waals surface area contributed by atoms with E-state index in [1.807, 2.05) is 14.0 Å². The van der Waals surface area contributed by atoms with Gasteiger partial charge in [0.15, 0.2) is 11.5 Å². The Balaban J connectivity index is 1.34. The Kier molecular flexibility index (Phi) is 10.4. The van der Waals surface area contributed by atoms with E-state index in [1.54, 1.807) is 36.8 Å². The molecule has 12 nitrogen and oxygen atoms in total. The lowest BCUT2D eigenvalue weighted by atomic mass is 9.77. The van der Waals surface area contributed by atoms with Crippen LogP contribution in [0.2, 0.25) is 0 Å². The number of ketones is 1. The number of aromatic nitrogens is 2. The van der Waals surface area contributed by atoms with Gasteiger partial charge in [0, 0.05) is 55.2 Å². The van der Waals surface area contributed by atoms with Crippen molar-refractivity contribution in [2.75, 3.05) is 33.7 Å². The van der Waals surface area contributed by atoms with E-state index in [4.69, 9.17) is 8.74 Å². The Bertz CT molecular complexity index is 1610. The number of nitrogens with zero attached hydrogens (tertiary/aromatic N) is 5. The molecule has 0 spiro atoms. The normalized spacial score (nSPS) is 24.5. The van der Waals surface area contributed by atoms with Gasteiger partial charge < -0.3 is 25.3 Å². The largest absolute Gasteiger partial charge is 0.340 e. The zero-order valence-corrected chi connectivity index (χ0v) is 29.2. The molecule has 1 aromatic carbocycles. The molecule has 268 valence electrons. The summed E-state index contributed by atoms with van der Waals surface area (Å²) in [4.78, 5) is 59.9. The zero-order chi connectivity index (χ0) is 37.9. The van der Waals surface area contributed by atoms with Gasteiger partial charge in [0.2, 0.25) is 5.91 Å². The third kappa shape index (κ3) is 8.66. The van der Waals surface area contributed by atoms with E-state index < -0.39 is 48.3 Å². The summed E-state index contributed by atoms with van der Waals surface area (Å²) in [6, 6.07) is 2.44. The summed E-state index contributed by atoms with van der Waals surface area (Å²) in [5.74, 6) is -3.39. The number of carbonyl (C=O) groups excluding carboxylic acids is 4. The van der Waals surface area contributed by atoms with Gasteiger partial charge in [-0.2, -0.15) is 0 Å². The van der Waals surface area contributed by atoms with Gasteiger partial charge >= 0.3 is 6.03 Å². The summed E-state index contributed by atoms with van der Waals surface area (Å²) in [5, 5.41) is 13.2. The first kappa shape index (κ1) is 32.3. The number of Topliss-reactive ketones (excluding diaryl/α,β-unsaturated/α-hetero) is 1. The Hall–Kier alpha value is -3.87. The molecule has 2 heterocycles. The highest BCUT2D eigenvalue weighted by molar-refractivity contribution is 5.97. The molecule has 1 aliphatic heterocycles. The van der Waals surface area contributed by atoms with Gasteiger partial charge in [-0.3, -0.25) is 14.4 Å². The first-order valence-corrected chi connectivity index (χ1v) is 17.5. The summed E-state index contributed by atoms with van der Waals surface area (Å²) in [6.45, 7) is 5.20. The minimum Gasteiger partial charge on any atom is -0.340 e. The number of rotatable bonds is 12. The first-order valence-electron chi connectivity index (χ1n) is 19.0. The lowest BCUT2D eigenvalue weighted by Crippen LogP contribution is -2.59. The standard InChI is InChI=1S/C36H52FN7O5/c1-7-29-33(41-49-40-29)34(46)38-32(24-10-8-21(2)9-11-24)30(45)19-26-13-12-25(18-28(26)37)23(4)31(39-36(48)43(6)27-14-15-27)35(47)44-17-16-42(5)22(3)20-44/h12-13,18,21-24,27,31-32H,7-11,14-17,19-20H2,1-6H3,(H,38,46)(H,39,48)/t21?,22-,23+,24?,31-,32?/m1/s1/i2D3. The third-order valence-electron chi connectivity index (χ3n) is 10.7. The van der Waals surface area contributed by atoms with E-state index in [0.717, 1.165) is 12.8 Å². The predicted octanol–water partition coefficient (Wildman–Crippen LogP) is 3.95. The molecule has 13 heteroatoms. The lowest BCUT2D eigenvalue weighted by Gasteiger charge is -2.40. The number of aryl methyl sites for hydroxylation is 1. The number of likely N-dealkylation sites (N-methyl/N-ethyl adjacent to an activating group) is 1. The second-order valence-electron chi connectivity index (χ2n) is 14.1. The van der Waals surface area contributed by atoms with E-state index in [2.05, 4.69) is 25.8 Å². The predicted molar refractivity (Wildman–Crippen MR) is 181 cm³/mol. The van der Waals surface area contributed by atoms with Crippen molar-refractivity contribution in [3.8, 4) is 0 Å². The first-order chi connectivity index (χ1) is 24.6. The van der Waals surface area contributed by atoms with Crippen LogP contribution in [0.1, 0.15) is 103 Å². The van der Waals surface area contributed by atoms with Gasteiger partial charge in [-0.25, -0.2) is 13.8 Å². The van der Waals surface area contributed by atoms with Crippen molar-refractivity contribution >= 4 is 23.6 Å². The number of carbonyl (C=O) groups is 4. The molecule has 2 aromatic rings. The average Bonchev–Trinajstić information content (AvgIpc) is 3.85. The van der Waals surface area contributed by atoms with Crippen molar-refractivity contribution in [1.29, 1.82) is 0 Å². The summed E-state index contributed by atoms with van der Waals surface area (Å²) >= 11 is 0. The van der Waals surface area contributed by atoms with Gasteiger partial charge in [-0.15, -0.1) is 0 Å². The molecule has 1 unspecified atom stereocenters. The highest BCUT2D eigenvalue weighted by atomic mass is 19.1. The maximum atomic E-state index is 15.9. The monoisotopic (exact) mass is 684 g/mol. The minimum absolute atomic E-state index is 0.0356. The van der Waals surface area contributed by atoms with Gasteiger partial charge in [0.25, 0.3) is 5.91 Å². The Morgan fingerprint density at radius 1 is 1.10 bits per heavy atom. The molecule has 2 saturated carbocycles. The second-order valence-corrected chi connectivity index (χ2v) is 14.1. The molecule has 4 amide bonds. The summed E-state index contributed by atoms with van der Waals surface area (Å²) in [5.41, 5.74) is 0.899. The van der Waals surface area contributed by atoms with Crippen LogP contribution in [0.4, 0.5) is 9.18 Å². The number of hydrogen-bond acceptors (Lipinski definition) is 8. The number of piperazine rings is 1. The average molecular weight is 685 g/mol. The summed E-state index contributed by atoms with van der Waals surface area (Å²) in [6.07, 6.45) is 3.41. The highest BCUT2D eigenvalue weighted by Gasteiger charge is 2.38. The highest BCUT2D eigenvalue weighted by Crippen LogP contribution is 2.32. The van der Waals surface area contributed by atoms with E-state index in [1.165, 1.54) is 12.1 Å². The van der Waals surface area contributed by atoms with Crippen LogP contribution in [0, 0.1) is 17.7 Å². The SMILES string of the molecule is [2H]C([2H])([2H])C1CCC(C(NC(=O)c2nonc2CC)C(=O)Cc2ccc([C@H](C)[C@@H](NC(=O)N(C)C3CC3)C(=O)N3CCN(C)[C@H](C)C3)cc2F)CC1. The van der Waals surface area contributed by atoms with Crippen LogP contribution >= 0.6 is 0 Å². The van der Waals surface area contributed by atoms with Crippen molar-refractivity contribution in [3.05, 3.63) is 46.5 Å². The van der Waals surface area contributed by atoms with E-state index >= 15 is 4.39 Å². The quantitative estimate of drug-likeness (QED) is 0.343. The van der Waals surface area contributed by atoms with Crippen LogP contribution in [0.25, 0.3) is 0 Å². The van der Waals surface area contributed by atoms with Crippen LogP contribution < -0.4 is 10.6 Å². The number of benzene rings is 1. The van der Waals surface area contributed by atoms with Crippen molar-refractivity contribution in [1.82, 2.24) is 35.6 Å². The molecule has 3 fully saturated rings. The Labute approximate surface area is 292 Å². The number of halogens is 1. The molecular weight excluding hydrogens is 629 g/mol. The van der Waals surface area contributed by atoms with E-state index in [-0.39, 0.29) is 47.6 Å². The molecule has 49 heavy (non-hydrogen) atoms. The molecule has 2 aliphatic carbocycles. The maximum absolute atomic E-state index is 15.9. The molecule has 2 N–H and O–H groups in total. The molecule has 3 aliphatic rings. The zero-order valence-electron chi connectivity index (χ0n) is 32.2. The number of amides is 4. The number of urea groups is 1. The Morgan fingerprint density at radius 3 is 2.47 bits per heavy atom. The van der Waals surface area contributed by atoms with E-state index in [0.29, 0.717) is 63.0 Å². The molecule has 4 atom stereocenters. The minimum atomic E-state index is -2.11. The van der Waals surface area contributed by atoms with Crippen LogP contribution in [0.15, 0.2) is 22.8 Å². The fraction of sp³-hybridized carbons (Fsp3) is 0.667. The molecule has 1 aromatic heterocycles. The van der Waals surface area contributed by atoms with Crippen LogP contribution in [0.5, 0.6) is 0 Å². The Morgan fingerprint density at radius 2 is 1.84 bits per heavy atom. The third-order valence-corrected chi connectivity index (χ3v) is 10.7. The molecular formula is C36H52FN7O5. The summed E-state index contributed by atoms with van der Waals surface area (Å²) < 4.78 is 44.2. The van der Waals surface area contributed by atoms with Gasteiger partial charge in [-0.05, 0) is 80.3 Å². The van der Waals surface area contributed by atoms with Crippen molar-refractivity contribution < 1.29 is 32.3 Å². The molecule has 5 rings (SSSR count). The molecule has 1 saturated heterocycles. The van der Waals surface area contributed by atoms with E-state index in [9.17, 15) is 19.2 Å². The van der Waals surface area contributed by atoms with Crippen LogP contribution in [-0.4, -0.2) is 107 Å². The van der Waals surface area contributed by atoms with Crippen molar-refractivity contribution in [2.45, 2.75) is 109 Å². The van der Waals surface area contributed by atoms with Gasteiger partial charge in [-0.1, -0.05) is 50.8 Å². The fourth-order valence-corrected chi connectivity index (χ4v) is 6.92. The maximum Gasteiger partial charge on any atom is 0.318 e. The smallest absolute Gasteiger partial charge is 0.318 e. The molecule has 0 bridgehead atoms. The lowest BCUT2D eigenvalue weighted by molar-refractivity contribution is -0.136. The number of nitrogens with one attached hydrogen (secondary N) is 2.